The molecule has 108 valence electrons. The summed E-state index contributed by atoms with van der Waals surface area (Å²) in [7, 11) is 0. The van der Waals surface area contributed by atoms with Crippen molar-refractivity contribution in [1.29, 1.82) is 0 Å². The molecule has 0 aromatic heterocycles. The predicted octanol–water partition coefficient (Wildman–Crippen LogP) is 4.45. The zero-order valence-electron chi connectivity index (χ0n) is 11.7. The van der Waals surface area contributed by atoms with Crippen molar-refractivity contribution in [3.8, 4) is 11.5 Å². The van der Waals surface area contributed by atoms with Gasteiger partial charge in [0.05, 0.1) is 4.83 Å². The van der Waals surface area contributed by atoms with Crippen molar-refractivity contribution >= 4 is 15.9 Å². The minimum absolute atomic E-state index is 0.000599. The Morgan fingerprint density at radius 2 is 1.81 bits per heavy atom. The van der Waals surface area contributed by atoms with Crippen molar-refractivity contribution in [3.05, 3.63) is 59.2 Å². The molecule has 0 saturated heterocycles. The lowest BCUT2D eigenvalue weighted by molar-refractivity contribution is 0.0904. The summed E-state index contributed by atoms with van der Waals surface area (Å²) in [4.78, 5) is 0.150. The van der Waals surface area contributed by atoms with Crippen molar-refractivity contribution < 1.29 is 9.47 Å². The first-order valence-electron chi connectivity index (χ1n) is 7.45. The molecule has 2 aromatic carbocycles. The fourth-order valence-electron chi connectivity index (χ4n) is 3.16. The third-order valence-electron chi connectivity index (χ3n) is 4.30. The van der Waals surface area contributed by atoms with Gasteiger partial charge in [-0.1, -0.05) is 46.3 Å². The Balaban J connectivity index is 1.57. The van der Waals surface area contributed by atoms with Gasteiger partial charge in [0.2, 0.25) is 0 Å². The van der Waals surface area contributed by atoms with Gasteiger partial charge in [-0.25, -0.2) is 0 Å². The van der Waals surface area contributed by atoms with Gasteiger partial charge in [0.1, 0.15) is 12.7 Å². The summed E-state index contributed by atoms with van der Waals surface area (Å²) < 4.78 is 11.9. The van der Waals surface area contributed by atoms with E-state index in [0.29, 0.717) is 6.61 Å². The molecule has 3 heteroatoms. The Morgan fingerprint density at radius 1 is 1.00 bits per heavy atom. The van der Waals surface area contributed by atoms with Gasteiger partial charge in [0.15, 0.2) is 11.5 Å². The van der Waals surface area contributed by atoms with Crippen LogP contribution in [0.5, 0.6) is 11.5 Å². The van der Waals surface area contributed by atoms with Gasteiger partial charge in [0, 0.05) is 0 Å². The SMILES string of the molecule is BrC(c1ccc2c(c1)CCC2)C1COc2ccccc2O1. The molecular weight excluding hydrogens is 328 g/mol. The molecule has 0 spiro atoms. The van der Waals surface area contributed by atoms with Gasteiger partial charge in [-0.15, -0.1) is 0 Å². The first kappa shape index (κ1) is 13.2. The van der Waals surface area contributed by atoms with E-state index >= 15 is 0 Å². The maximum absolute atomic E-state index is 6.10. The number of hydrogen-bond acceptors (Lipinski definition) is 2. The first-order chi connectivity index (χ1) is 10.3. The van der Waals surface area contributed by atoms with Crippen molar-refractivity contribution in [3.63, 3.8) is 0 Å². The van der Waals surface area contributed by atoms with Gasteiger partial charge in [0.25, 0.3) is 0 Å². The van der Waals surface area contributed by atoms with Crippen LogP contribution in [0.3, 0.4) is 0 Å². The molecule has 2 nitrogen and oxygen atoms in total. The Hall–Kier alpha value is -1.48. The molecule has 0 amide bonds. The number of fused-ring (bicyclic) bond motifs is 2. The third kappa shape index (κ3) is 2.44. The van der Waals surface area contributed by atoms with Crippen LogP contribution < -0.4 is 9.47 Å². The van der Waals surface area contributed by atoms with Crippen LogP contribution in [0.4, 0.5) is 0 Å². The topological polar surface area (TPSA) is 18.5 Å². The van der Waals surface area contributed by atoms with E-state index in [1.807, 2.05) is 24.3 Å². The number of benzene rings is 2. The van der Waals surface area contributed by atoms with Crippen LogP contribution in [-0.2, 0) is 12.8 Å². The normalized spacial score (nSPS) is 20.9. The molecule has 21 heavy (non-hydrogen) atoms. The number of para-hydroxylation sites is 2. The molecular formula is C18H17BrO2. The van der Waals surface area contributed by atoms with Crippen LogP contribution in [0.2, 0.25) is 0 Å². The molecule has 0 radical (unpaired) electrons. The lowest BCUT2D eigenvalue weighted by Crippen LogP contribution is -2.32. The molecule has 2 aliphatic rings. The van der Waals surface area contributed by atoms with Crippen LogP contribution in [0.15, 0.2) is 42.5 Å². The summed E-state index contributed by atoms with van der Waals surface area (Å²) in [6.07, 6.45) is 3.70. The highest BCUT2D eigenvalue weighted by atomic mass is 79.9. The summed E-state index contributed by atoms with van der Waals surface area (Å²) >= 11 is 3.80. The van der Waals surface area contributed by atoms with Crippen LogP contribution in [0.25, 0.3) is 0 Å². The average molecular weight is 345 g/mol. The summed E-state index contributed by atoms with van der Waals surface area (Å²) in [6, 6.07) is 14.7. The summed E-state index contributed by atoms with van der Waals surface area (Å²) in [5, 5.41) is 0. The molecule has 0 fully saturated rings. The van der Waals surface area contributed by atoms with E-state index in [2.05, 4.69) is 34.1 Å². The fraction of sp³-hybridized carbons (Fsp3) is 0.333. The van der Waals surface area contributed by atoms with Crippen molar-refractivity contribution in [2.75, 3.05) is 6.61 Å². The number of rotatable bonds is 2. The van der Waals surface area contributed by atoms with Crippen LogP contribution in [0, 0.1) is 0 Å². The Labute approximate surface area is 133 Å². The van der Waals surface area contributed by atoms with E-state index < -0.39 is 0 Å². The van der Waals surface area contributed by atoms with Crippen LogP contribution >= 0.6 is 15.9 Å². The molecule has 2 atom stereocenters. The zero-order chi connectivity index (χ0) is 14.2. The Kier molecular flexibility index (Phi) is 3.38. The third-order valence-corrected chi connectivity index (χ3v) is 5.42. The summed E-state index contributed by atoms with van der Waals surface area (Å²) in [5.74, 6) is 1.67. The number of hydrogen-bond donors (Lipinski definition) is 0. The van der Waals surface area contributed by atoms with E-state index in [1.165, 1.54) is 36.0 Å². The summed E-state index contributed by atoms with van der Waals surface area (Å²) in [6.45, 7) is 0.573. The quantitative estimate of drug-likeness (QED) is 0.749. The fourth-order valence-corrected chi connectivity index (χ4v) is 3.70. The lowest BCUT2D eigenvalue weighted by atomic mass is 10.0. The smallest absolute Gasteiger partial charge is 0.161 e. The van der Waals surface area contributed by atoms with Crippen LogP contribution in [-0.4, -0.2) is 12.7 Å². The van der Waals surface area contributed by atoms with Gasteiger partial charge in [-0.2, -0.15) is 0 Å². The largest absolute Gasteiger partial charge is 0.486 e. The predicted molar refractivity (Wildman–Crippen MR) is 86.5 cm³/mol. The molecule has 1 aliphatic carbocycles. The molecule has 2 unspecified atom stereocenters. The molecule has 1 heterocycles. The second kappa shape index (κ2) is 5.38. The molecule has 0 N–H and O–H groups in total. The maximum atomic E-state index is 6.10. The highest BCUT2D eigenvalue weighted by Gasteiger charge is 2.29. The minimum Gasteiger partial charge on any atom is -0.486 e. The molecule has 4 rings (SSSR count). The number of ether oxygens (including phenoxy) is 2. The van der Waals surface area contributed by atoms with Gasteiger partial charge in [-0.05, 0) is 48.1 Å². The van der Waals surface area contributed by atoms with E-state index in [4.69, 9.17) is 9.47 Å². The Morgan fingerprint density at radius 3 is 2.71 bits per heavy atom. The molecule has 1 aliphatic heterocycles. The summed E-state index contributed by atoms with van der Waals surface area (Å²) in [5.41, 5.74) is 4.28. The first-order valence-corrected chi connectivity index (χ1v) is 8.37. The monoisotopic (exact) mass is 344 g/mol. The van der Waals surface area contributed by atoms with Gasteiger partial charge in [-0.3, -0.25) is 0 Å². The second-order valence-corrected chi connectivity index (χ2v) is 6.68. The standard InChI is InChI=1S/C18H17BrO2/c19-18(14-9-8-12-4-3-5-13(12)10-14)17-11-20-15-6-1-2-7-16(15)21-17/h1-2,6-10,17-18H,3-5,11H2. The van der Waals surface area contributed by atoms with Crippen LogP contribution in [0.1, 0.15) is 27.9 Å². The molecule has 2 aromatic rings. The second-order valence-electron chi connectivity index (χ2n) is 5.70. The lowest BCUT2D eigenvalue weighted by Gasteiger charge is -2.30. The van der Waals surface area contributed by atoms with E-state index in [0.717, 1.165) is 11.5 Å². The van der Waals surface area contributed by atoms with E-state index in [-0.39, 0.29) is 10.9 Å². The van der Waals surface area contributed by atoms with Crippen molar-refractivity contribution in [1.82, 2.24) is 0 Å². The van der Waals surface area contributed by atoms with Gasteiger partial charge < -0.3 is 9.47 Å². The molecule has 0 saturated carbocycles. The highest BCUT2D eigenvalue weighted by molar-refractivity contribution is 9.09. The highest BCUT2D eigenvalue weighted by Crippen LogP contribution is 2.38. The zero-order valence-corrected chi connectivity index (χ0v) is 13.3. The van der Waals surface area contributed by atoms with E-state index in [1.54, 1.807) is 0 Å². The minimum atomic E-state index is -0.000599. The van der Waals surface area contributed by atoms with E-state index in [9.17, 15) is 0 Å². The maximum Gasteiger partial charge on any atom is 0.161 e. The number of aryl methyl sites for hydroxylation is 2. The van der Waals surface area contributed by atoms with Gasteiger partial charge >= 0.3 is 0 Å². The van der Waals surface area contributed by atoms with Crippen molar-refractivity contribution in [2.24, 2.45) is 0 Å². The number of alkyl halides is 1. The Bertz CT molecular complexity index is 668. The average Bonchev–Trinajstić information content (AvgIpc) is 3.01. The van der Waals surface area contributed by atoms with Crippen molar-refractivity contribution in [2.45, 2.75) is 30.2 Å². The number of halogens is 1. The molecule has 0 bridgehead atoms.